The Hall–Kier alpha value is -1.55. The van der Waals surface area contributed by atoms with Gasteiger partial charge in [-0.2, -0.15) is 0 Å². The Kier molecular flexibility index (Phi) is 3.07. The SMILES string of the molecule is NC(=O)c1ncn(C2O[C@@H](CO)[C@H](O)[C@@H]2O)n1. The number of carbonyl (C=O) groups excluding carboxylic acids is 1. The zero-order chi connectivity index (χ0) is 12.6. The molecule has 5 N–H and O–H groups in total. The fourth-order valence-electron chi connectivity index (χ4n) is 1.61. The second-order valence-corrected chi connectivity index (χ2v) is 3.64. The van der Waals surface area contributed by atoms with E-state index in [0.717, 1.165) is 11.0 Å². The lowest BCUT2D eigenvalue weighted by Gasteiger charge is -2.13. The predicted octanol–water partition coefficient (Wildman–Crippen LogP) is -3.01. The summed E-state index contributed by atoms with van der Waals surface area (Å²) in [5, 5.41) is 31.8. The van der Waals surface area contributed by atoms with Crippen molar-refractivity contribution in [1.29, 1.82) is 0 Å². The number of aliphatic hydroxyl groups is 3. The van der Waals surface area contributed by atoms with Gasteiger partial charge in [0.05, 0.1) is 6.61 Å². The Morgan fingerprint density at radius 2 is 2.24 bits per heavy atom. The summed E-state index contributed by atoms with van der Waals surface area (Å²) < 4.78 is 6.25. The second kappa shape index (κ2) is 4.37. The molecule has 0 spiro atoms. The summed E-state index contributed by atoms with van der Waals surface area (Å²) in [5.41, 5.74) is 4.97. The number of aromatic nitrogens is 3. The van der Waals surface area contributed by atoms with Crippen LogP contribution in [0.2, 0.25) is 0 Å². The highest BCUT2D eigenvalue weighted by Crippen LogP contribution is 2.28. The van der Waals surface area contributed by atoms with Crippen LogP contribution in [0.4, 0.5) is 0 Å². The van der Waals surface area contributed by atoms with Gasteiger partial charge in [0.2, 0.25) is 5.82 Å². The number of carbonyl (C=O) groups is 1. The number of primary amides is 1. The van der Waals surface area contributed by atoms with Crippen LogP contribution in [0, 0.1) is 0 Å². The number of amides is 1. The summed E-state index contributed by atoms with van der Waals surface area (Å²) in [6, 6.07) is 0. The van der Waals surface area contributed by atoms with E-state index < -0.39 is 37.1 Å². The minimum Gasteiger partial charge on any atom is -0.394 e. The van der Waals surface area contributed by atoms with Crippen molar-refractivity contribution in [3.05, 3.63) is 12.2 Å². The molecule has 0 aliphatic carbocycles. The number of nitrogens with two attached hydrogens (primary N) is 1. The van der Waals surface area contributed by atoms with Crippen molar-refractivity contribution >= 4 is 5.91 Å². The third kappa shape index (κ3) is 2.00. The standard InChI is InChI=1S/C8H12N4O5/c9-6(16)7-10-2-12(11-7)8-5(15)4(14)3(1-13)17-8/h2-5,8,13-15H,1H2,(H2,9,16)/t3-,4-,5-,8?/m0/s1. The topological polar surface area (TPSA) is 144 Å². The minimum absolute atomic E-state index is 0.220. The van der Waals surface area contributed by atoms with Gasteiger partial charge in [-0.05, 0) is 0 Å². The fraction of sp³-hybridized carbons (Fsp3) is 0.625. The quantitative estimate of drug-likeness (QED) is 0.443. The summed E-state index contributed by atoms with van der Waals surface area (Å²) >= 11 is 0. The lowest BCUT2D eigenvalue weighted by atomic mass is 10.1. The van der Waals surface area contributed by atoms with Crippen LogP contribution in [0.1, 0.15) is 16.8 Å². The molecule has 4 atom stereocenters. The van der Waals surface area contributed by atoms with Crippen LogP contribution in [0.15, 0.2) is 6.33 Å². The number of hydrogen-bond donors (Lipinski definition) is 4. The van der Waals surface area contributed by atoms with E-state index in [2.05, 4.69) is 10.1 Å². The van der Waals surface area contributed by atoms with Gasteiger partial charge in [-0.1, -0.05) is 0 Å². The van der Waals surface area contributed by atoms with Crippen LogP contribution in [-0.4, -0.2) is 60.9 Å². The molecular weight excluding hydrogens is 232 g/mol. The molecule has 0 saturated carbocycles. The van der Waals surface area contributed by atoms with Gasteiger partial charge in [0.25, 0.3) is 5.91 Å². The molecule has 0 bridgehead atoms. The third-order valence-electron chi connectivity index (χ3n) is 2.51. The smallest absolute Gasteiger partial charge is 0.288 e. The molecule has 9 heteroatoms. The first-order valence-electron chi connectivity index (χ1n) is 4.88. The molecule has 2 rings (SSSR count). The third-order valence-corrected chi connectivity index (χ3v) is 2.51. The van der Waals surface area contributed by atoms with Crippen molar-refractivity contribution in [2.24, 2.45) is 5.73 Å². The summed E-state index contributed by atoms with van der Waals surface area (Å²) in [6.45, 7) is -0.438. The molecule has 9 nitrogen and oxygen atoms in total. The van der Waals surface area contributed by atoms with E-state index in [1.165, 1.54) is 0 Å². The van der Waals surface area contributed by atoms with Crippen LogP contribution in [0.3, 0.4) is 0 Å². The number of ether oxygens (including phenoxy) is 1. The van der Waals surface area contributed by atoms with Gasteiger partial charge in [-0.15, -0.1) is 5.10 Å². The summed E-state index contributed by atoms with van der Waals surface area (Å²) in [5.74, 6) is -1.03. The first-order valence-corrected chi connectivity index (χ1v) is 4.88. The van der Waals surface area contributed by atoms with Crippen LogP contribution >= 0.6 is 0 Å². The van der Waals surface area contributed by atoms with E-state index in [-0.39, 0.29) is 5.82 Å². The number of rotatable bonds is 3. The van der Waals surface area contributed by atoms with E-state index in [9.17, 15) is 15.0 Å². The van der Waals surface area contributed by atoms with Crippen molar-refractivity contribution in [3.63, 3.8) is 0 Å². The van der Waals surface area contributed by atoms with E-state index >= 15 is 0 Å². The highest BCUT2D eigenvalue weighted by molar-refractivity contribution is 5.88. The molecule has 1 aliphatic rings. The average molecular weight is 244 g/mol. The van der Waals surface area contributed by atoms with Gasteiger partial charge in [-0.3, -0.25) is 4.79 Å². The molecule has 1 aliphatic heterocycles. The Balaban J connectivity index is 2.19. The van der Waals surface area contributed by atoms with Crippen molar-refractivity contribution in [1.82, 2.24) is 14.8 Å². The summed E-state index contributed by atoms with van der Waals surface area (Å²) in [4.78, 5) is 14.4. The van der Waals surface area contributed by atoms with Gasteiger partial charge in [0, 0.05) is 0 Å². The molecule has 1 aromatic heterocycles. The molecule has 17 heavy (non-hydrogen) atoms. The van der Waals surface area contributed by atoms with Crippen molar-refractivity contribution in [3.8, 4) is 0 Å². The molecule has 0 radical (unpaired) electrons. The maximum Gasteiger partial charge on any atom is 0.288 e. The first kappa shape index (κ1) is 11.9. The number of aliphatic hydroxyl groups excluding tert-OH is 3. The van der Waals surface area contributed by atoms with Crippen LogP contribution in [0.5, 0.6) is 0 Å². The van der Waals surface area contributed by atoms with E-state index in [1.807, 2.05) is 0 Å². The maximum absolute atomic E-state index is 10.8. The molecule has 94 valence electrons. The lowest BCUT2D eigenvalue weighted by molar-refractivity contribution is -0.0588. The number of hydrogen-bond acceptors (Lipinski definition) is 7. The summed E-state index contributed by atoms with van der Waals surface area (Å²) in [6.07, 6.45) is -3.26. The fourth-order valence-corrected chi connectivity index (χ4v) is 1.61. The Bertz CT molecular complexity index is 422. The summed E-state index contributed by atoms with van der Waals surface area (Å²) in [7, 11) is 0. The van der Waals surface area contributed by atoms with Gasteiger partial charge in [-0.25, -0.2) is 9.67 Å². The molecule has 1 saturated heterocycles. The zero-order valence-electron chi connectivity index (χ0n) is 8.67. The van der Waals surface area contributed by atoms with E-state index in [4.69, 9.17) is 15.6 Å². The van der Waals surface area contributed by atoms with Crippen molar-refractivity contribution in [2.75, 3.05) is 6.61 Å². The predicted molar refractivity (Wildman–Crippen MR) is 51.5 cm³/mol. The van der Waals surface area contributed by atoms with E-state index in [1.54, 1.807) is 0 Å². The van der Waals surface area contributed by atoms with Crippen molar-refractivity contribution in [2.45, 2.75) is 24.5 Å². The highest BCUT2D eigenvalue weighted by Gasteiger charge is 2.43. The van der Waals surface area contributed by atoms with Crippen LogP contribution < -0.4 is 5.73 Å². The van der Waals surface area contributed by atoms with Gasteiger partial charge >= 0.3 is 0 Å². The monoisotopic (exact) mass is 244 g/mol. The average Bonchev–Trinajstić information content (AvgIpc) is 2.87. The molecule has 2 heterocycles. The zero-order valence-corrected chi connectivity index (χ0v) is 8.67. The van der Waals surface area contributed by atoms with Gasteiger partial charge in [0.1, 0.15) is 24.6 Å². The van der Waals surface area contributed by atoms with E-state index in [0.29, 0.717) is 0 Å². The van der Waals surface area contributed by atoms with Crippen LogP contribution in [0.25, 0.3) is 0 Å². The van der Waals surface area contributed by atoms with Crippen molar-refractivity contribution < 1.29 is 24.9 Å². The molecule has 1 fully saturated rings. The van der Waals surface area contributed by atoms with Gasteiger partial charge in [0.15, 0.2) is 6.23 Å². The number of nitrogens with zero attached hydrogens (tertiary/aromatic N) is 3. The first-order chi connectivity index (χ1) is 8.04. The Morgan fingerprint density at radius 3 is 2.71 bits per heavy atom. The lowest BCUT2D eigenvalue weighted by Crippen LogP contribution is -2.33. The highest BCUT2D eigenvalue weighted by atomic mass is 16.6. The van der Waals surface area contributed by atoms with Crippen LogP contribution in [-0.2, 0) is 4.74 Å². The Morgan fingerprint density at radius 1 is 1.53 bits per heavy atom. The molecule has 0 aromatic carbocycles. The normalized spacial score (nSPS) is 32.9. The molecule has 1 amide bonds. The van der Waals surface area contributed by atoms with Gasteiger partial charge < -0.3 is 25.8 Å². The Labute approximate surface area is 95.4 Å². The largest absolute Gasteiger partial charge is 0.394 e. The minimum atomic E-state index is -1.27. The molecular formula is C8H12N4O5. The maximum atomic E-state index is 10.8. The second-order valence-electron chi connectivity index (χ2n) is 3.64. The molecule has 1 aromatic rings. The molecule has 1 unspecified atom stereocenters.